The summed E-state index contributed by atoms with van der Waals surface area (Å²) in [7, 11) is 0. The molecule has 1 fully saturated rings. The molecule has 1 unspecified atom stereocenters. The van der Waals surface area contributed by atoms with Crippen LogP contribution in [0, 0.1) is 0 Å². The number of amides is 2. The number of phenolic OH excluding ortho intramolecular Hbond substituents is 1. The number of carbonyl (C=O) groups is 2. The van der Waals surface area contributed by atoms with Gasteiger partial charge in [-0.2, -0.15) is 0 Å². The Morgan fingerprint density at radius 1 is 1.00 bits per heavy atom. The van der Waals surface area contributed by atoms with E-state index in [1.165, 1.54) is 29.3 Å². The Morgan fingerprint density at radius 3 is 2.22 bits per heavy atom. The molecule has 2 aromatic rings. The van der Waals surface area contributed by atoms with Crippen molar-refractivity contribution in [3.63, 3.8) is 0 Å². The first kappa shape index (κ1) is 18.9. The van der Waals surface area contributed by atoms with Crippen LogP contribution in [0.15, 0.2) is 48.5 Å². The molecule has 2 amide bonds. The van der Waals surface area contributed by atoms with Gasteiger partial charge in [-0.05, 0) is 54.8 Å². The van der Waals surface area contributed by atoms with Gasteiger partial charge in [-0.1, -0.05) is 25.5 Å². The fraction of sp³-hybridized carbons (Fsp3) is 0.300. The number of phenols is 1. The van der Waals surface area contributed by atoms with Crippen LogP contribution < -0.4 is 15.8 Å². The molecule has 0 radical (unpaired) electrons. The number of rotatable bonds is 6. The summed E-state index contributed by atoms with van der Waals surface area (Å²) >= 11 is 0. The van der Waals surface area contributed by atoms with E-state index < -0.39 is 17.4 Å². The summed E-state index contributed by atoms with van der Waals surface area (Å²) in [6.45, 7) is 2.20. The van der Waals surface area contributed by atoms with Gasteiger partial charge < -0.3 is 15.9 Å². The number of aliphatic hydroxyl groups is 1. The molecule has 1 heterocycles. The molecule has 0 aliphatic carbocycles. The van der Waals surface area contributed by atoms with Gasteiger partial charge in [0, 0.05) is 6.54 Å². The molecular formula is C20H23N3O4. The Bertz CT molecular complexity index is 853. The molecule has 0 saturated carbocycles. The van der Waals surface area contributed by atoms with Crippen LogP contribution in [0.1, 0.15) is 31.7 Å². The molecule has 27 heavy (non-hydrogen) atoms. The van der Waals surface area contributed by atoms with Crippen molar-refractivity contribution in [3.05, 3.63) is 54.1 Å². The van der Waals surface area contributed by atoms with Gasteiger partial charge in [0.2, 0.25) is 5.60 Å². The monoisotopic (exact) mass is 369 g/mol. The third-order valence-corrected chi connectivity index (χ3v) is 4.67. The number of benzene rings is 2. The van der Waals surface area contributed by atoms with Crippen molar-refractivity contribution < 1.29 is 19.8 Å². The van der Waals surface area contributed by atoms with Crippen LogP contribution in [-0.4, -0.2) is 27.6 Å². The molecule has 1 saturated heterocycles. The predicted octanol–water partition coefficient (Wildman–Crippen LogP) is 2.07. The molecule has 4 N–H and O–H groups in total. The van der Waals surface area contributed by atoms with Gasteiger partial charge in [-0.25, -0.2) is 10.0 Å². The van der Waals surface area contributed by atoms with E-state index in [1.54, 1.807) is 18.2 Å². The largest absolute Gasteiger partial charge is 0.508 e. The normalized spacial score (nSPS) is 19.8. The Labute approximate surface area is 157 Å². The maximum atomic E-state index is 13.1. The van der Waals surface area contributed by atoms with Crippen molar-refractivity contribution in [1.29, 1.82) is 0 Å². The smallest absolute Gasteiger partial charge is 0.288 e. The maximum Gasteiger partial charge on any atom is 0.288 e. The number of hydrogen-bond acceptors (Lipinski definition) is 5. The maximum absolute atomic E-state index is 13.1. The zero-order chi connectivity index (χ0) is 19.6. The molecule has 0 aromatic heterocycles. The lowest BCUT2D eigenvalue weighted by Gasteiger charge is -2.27. The Hall–Kier alpha value is -2.90. The molecule has 1 aliphatic rings. The van der Waals surface area contributed by atoms with E-state index in [2.05, 4.69) is 0 Å². The number of aromatic hydroxyl groups is 1. The van der Waals surface area contributed by atoms with Crippen LogP contribution in [0.5, 0.6) is 5.75 Å². The first-order valence-electron chi connectivity index (χ1n) is 8.92. The summed E-state index contributed by atoms with van der Waals surface area (Å²) in [6, 6.07) is 12.8. The van der Waals surface area contributed by atoms with E-state index in [-0.39, 0.29) is 18.7 Å². The highest BCUT2D eigenvalue weighted by atomic mass is 16.3. The van der Waals surface area contributed by atoms with Crippen molar-refractivity contribution in [1.82, 2.24) is 0 Å². The minimum Gasteiger partial charge on any atom is -0.508 e. The van der Waals surface area contributed by atoms with Gasteiger partial charge in [0.25, 0.3) is 11.8 Å². The molecule has 0 spiro atoms. The van der Waals surface area contributed by atoms with E-state index in [9.17, 15) is 19.8 Å². The van der Waals surface area contributed by atoms with Crippen molar-refractivity contribution in [2.24, 2.45) is 5.73 Å². The minimum absolute atomic E-state index is 0.0367. The molecule has 7 nitrogen and oxygen atoms in total. The van der Waals surface area contributed by atoms with Gasteiger partial charge in [-0.3, -0.25) is 9.59 Å². The second kappa shape index (κ2) is 7.38. The van der Waals surface area contributed by atoms with Crippen molar-refractivity contribution >= 4 is 23.2 Å². The summed E-state index contributed by atoms with van der Waals surface area (Å²) < 4.78 is 0. The van der Waals surface area contributed by atoms with E-state index >= 15 is 0 Å². The lowest BCUT2D eigenvalue weighted by Crippen LogP contribution is -2.44. The Kier molecular flexibility index (Phi) is 5.16. The van der Waals surface area contributed by atoms with E-state index in [0.717, 1.165) is 17.0 Å². The van der Waals surface area contributed by atoms with Gasteiger partial charge in [-0.15, -0.1) is 0 Å². The number of nitrogens with two attached hydrogens (primary N) is 1. The highest BCUT2D eigenvalue weighted by Gasteiger charge is 2.58. The average Bonchev–Trinajstić information content (AvgIpc) is 2.88. The second-order valence-corrected chi connectivity index (χ2v) is 6.59. The lowest BCUT2D eigenvalue weighted by molar-refractivity contribution is -0.145. The third kappa shape index (κ3) is 3.27. The predicted molar refractivity (Wildman–Crippen MR) is 102 cm³/mol. The van der Waals surface area contributed by atoms with Crippen molar-refractivity contribution in [2.75, 3.05) is 10.0 Å². The van der Waals surface area contributed by atoms with Crippen LogP contribution >= 0.6 is 0 Å². The minimum atomic E-state index is -2.12. The molecule has 1 atom stereocenters. The quantitative estimate of drug-likeness (QED) is 0.676. The van der Waals surface area contributed by atoms with Gasteiger partial charge >= 0.3 is 0 Å². The third-order valence-electron chi connectivity index (χ3n) is 4.67. The van der Waals surface area contributed by atoms with Crippen molar-refractivity contribution in [3.8, 4) is 5.75 Å². The molecule has 142 valence electrons. The van der Waals surface area contributed by atoms with Crippen LogP contribution in [-0.2, 0) is 16.1 Å². The lowest BCUT2D eigenvalue weighted by atomic mass is 9.96. The number of hydrogen-bond donors (Lipinski definition) is 3. The number of hydrazine groups is 1. The SMILES string of the molecule is CCCCC1(O)C(=O)N(c2ccc(O)cc2)N(c2cccc(CN)c2)C1=O. The molecule has 1 aliphatic heterocycles. The first-order chi connectivity index (χ1) is 12.9. The summed E-state index contributed by atoms with van der Waals surface area (Å²) in [5, 5.41) is 22.8. The van der Waals surface area contributed by atoms with Crippen LogP contribution in [0.3, 0.4) is 0 Å². The summed E-state index contributed by atoms with van der Waals surface area (Å²) in [5.41, 5.74) is 5.19. The topological polar surface area (TPSA) is 107 Å². The van der Waals surface area contributed by atoms with Crippen LogP contribution in [0.2, 0.25) is 0 Å². The molecule has 0 bridgehead atoms. The van der Waals surface area contributed by atoms with E-state index in [0.29, 0.717) is 17.8 Å². The Balaban J connectivity index is 2.11. The first-order valence-corrected chi connectivity index (χ1v) is 8.92. The Morgan fingerprint density at radius 2 is 1.63 bits per heavy atom. The number of carbonyl (C=O) groups excluding carboxylic acids is 2. The molecule has 7 heteroatoms. The zero-order valence-electron chi connectivity index (χ0n) is 15.1. The van der Waals surface area contributed by atoms with Crippen LogP contribution in [0.25, 0.3) is 0 Å². The number of nitrogens with zero attached hydrogens (tertiary/aromatic N) is 2. The summed E-state index contributed by atoms with van der Waals surface area (Å²) in [4.78, 5) is 26.2. The number of unbranched alkanes of at least 4 members (excludes halogenated alkanes) is 1. The molecule has 3 rings (SSSR count). The number of anilines is 2. The van der Waals surface area contributed by atoms with Gasteiger partial charge in [0.15, 0.2) is 0 Å². The average molecular weight is 369 g/mol. The zero-order valence-corrected chi connectivity index (χ0v) is 15.1. The summed E-state index contributed by atoms with van der Waals surface area (Å²) in [6.07, 6.45) is 1.32. The van der Waals surface area contributed by atoms with Crippen molar-refractivity contribution in [2.45, 2.75) is 38.3 Å². The highest BCUT2D eigenvalue weighted by Crippen LogP contribution is 2.37. The highest BCUT2D eigenvalue weighted by molar-refractivity contribution is 6.28. The van der Waals surface area contributed by atoms with Gasteiger partial charge in [0.05, 0.1) is 11.4 Å². The fourth-order valence-corrected chi connectivity index (χ4v) is 3.14. The van der Waals surface area contributed by atoms with E-state index in [1.807, 2.05) is 13.0 Å². The summed E-state index contributed by atoms with van der Waals surface area (Å²) in [5.74, 6) is -1.36. The molecular weight excluding hydrogens is 346 g/mol. The van der Waals surface area contributed by atoms with Crippen LogP contribution in [0.4, 0.5) is 11.4 Å². The second-order valence-electron chi connectivity index (χ2n) is 6.59. The van der Waals surface area contributed by atoms with E-state index in [4.69, 9.17) is 5.73 Å². The fourth-order valence-electron chi connectivity index (χ4n) is 3.14. The van der Waals surface area contributed by atoms with Gasteiger partial charge in [0.1, 0.15) is 5.75 Å². The standard InChI is InChI=1S/C20H23N3O4/c1-2-3-11-20(27)18(25)22(15-7-9-17(24)10-8-15)23(19(20)26)16-6-4-5-14(12-16)13-21/h4-10,12,24,27H,2-3,11,13,21H2,1H3. The molecule has 2 aromatic carbocycles.